The molecule has 4 fully saturated rings. The molecule has 1 N–H and O–H groups in total. The topological polar surface area (TPSA) is 52.7 Å². The maximum Gasteiger partial charge on any atom is 0.225 e. The fraction of sp³-hybridized carbons (Fsp3) is 0.909. The Balaban J connectivity index is 1.28. The highest BCUT2D eigenvalue weighted by atomic mass is 16.2. The Morgan fingerprint density at radius 2 is 1.41 bits per heavy atom. The summed E-state index contributed by atoms with van der Waals surface area (Å²) in [6.07, 6.45) is 14.2. The normalized spacial score (nSPS) is 27.3. The van der Waals surface area contributed by atoms with Crippen molar-refractivity contribution in [1.82, 2.24) is 15.1 Å². The molecule has 2 aliphatic heterocycles. The molecule has 2 saturated carbocycles. The van der Waals surface area contributed by atoms with Crippen molar-refractivity contribution in [2.24, 2.45) is 11.8 Å². The van der Waals surface area contributed by atoms with E-state index in [1.807, 2.05) is 4.90 Å². The number of hydrogen-bond acceptors (Lipinski definition) is 3. The summed E-state index contributed by atoms with van der Waals surface area (Å²) in [7, 11) is 0. The molecular formula is C22H37N3O2. The fourth-order valence-corrected chi connectivity index (χ4v) is 5.53. The molecule has 0 aromatic carbocycles. The van der Waals surface area contributed by atoms with Crippen LogP contribution in [0.5, 0.6) is 0 Å². The first kappa shape index (κ1) is 19.2. The van der Waals surface area contributed by atoms with Crippen LogP contribution in [-0.4, -0.2) is 59.9 Å². The van der Waals surface area contributed by atoms with Crippen molar-refractivity contribution in [1.29, 1.82) is 0 Å². The molecule has 152 valence electrons. The lowest BCUT2D eigenvalue weighted by Crippen LogP contribution is -2.58. The van der Waals surface area contributed by atoms with E-state index in [-0.39, 0.29) is 17.4 Å². The second kappa shape index (κ2) is 8.50. The Labute approximate surface area is 164 Å². The van der Waals surface area contributed by atoms with Gasteiger partial charge in [-0.2, -0.15) is 0 Å². The smallest absolute Gasteiger partial charge is 0.225 e. The SMILES string of the molecule is O=C(NCC1(N2CCCCC2)CCCCC1)C1CCN(C(=O)C2CC2)CC1. The number of nitrogens with zero attached hydrogens (tertiary/aromatic N) is 2. The van der Waals surface area contributed by atoms with Gasteiger partial charge in [-0.25, -0.2) is 0 Å². The molecule has 27 heavy (non-hydrogen) atoms. The van der Waals surface area contributed by atoms with Crippen LogP contribution in [0.2, 0.25) is 0 Å². The molecule has 4 aliphatic rings. The van der Waals surface area contributed by atoms with Crippen LogP contribution in [0.4, 0.5) is 0 Å². The largest absolute Gasteiger partial charge is 0.354 e. The van der Waals surface area contributed by atoms with Crippen LogP contribution in [-0.2, 0) is 9.59 Å². The highest BCUT2D eigenvalue weighted by Gasteiger charge is 2.40. The van der Waals surface area contributed by atoms with Crippen molar-refractivity contribution in [3.8, 4) is 0 Å². The number of likely N-dealkylation sites (tertiary alicyclic amines) is 2. The second-order valence-corrected chi connectivity index (χ2v) is 9.42. The number of hydrogen-bond donors (Lipinski definition) is 1. The summed E-state index contributed by atoms with van der Waals surface area (Å²) in [6.45, 7) is 4.78. The molecule has 0 aromatic rings. The van der Waals surface area contributed by atoms with Crippen LogP contribution >= 0.6 is 0 Å². The molecule has 4 rings (SSSR count). The van der Waals surface area contributed by atoms with Gasteiger partial charge in [0.2, 0.25) is 11.8 Å². The molecule has 0 radical (unpaired) electrons. The molecule has 0 atom stereocenters. The summed E-state index contributed by atoms with van der Waals surface area (Å²) in [6, 6.07) is 0. The van der Waals surface area contributed by atoms with Gasteiger partial charge in [0.15, 0.2) is 0 Å². The van der Waals surface area contributed by atoms with Gasteiger partial charge >= 0.3 is 0 Å². The summed E-state index contributed by atoms with van der Waals surface area (Å²) in [5.74, 6) is 0.955. The quantitative estimate of drug-likeness (QED) is 0.804. The number of carbonyl (C=O) groups excluding carboxylic acids is 2. The molecule has 2 amide bonds. The van der Waals surface area contributed by atoms with E-state index in [0.717, 1.165) is 45.3 Å². The molecule has 0 unspecified atom stereocenters. The third kappa shape index (κ3) is 4.49. The van der Waals surface area contributed by atoms with E-state index in [9.17, 15) is 9.59 Å². The van der Waals surface area contributed by atoms with Gasteiger partial charge in [-0.1, -0.05) is 25.7 Å². The lowest BCUT2D eigenvalue weighted by atomic mass is 9.79. The molecule has 0 spiro atoms. The maximum atomic E-state index is 12.9. The molecule has 2 heterocycles. The first-order chi connectivity index (χ1) is 13.2. The van der Waals surface area contributed by atoms with Crippen LogP contribution in [0.3, 0.4) is 0 Å². The minimum atomic E-state index is 0.0928. The minimum absolute atomic E-state index is 0.0928. The Morgan fingerprint density at radius 1 is 0.778 bits per heavy atom. The third-order valence-electron chi connectivity index (χ3n) is 7.51. The van der Waals surface area contributed by atoms with Crippen molar-refractivity contribution < 1.29 is 9.59 Å². The third-order valence-corrected chi connectivity index (χ3v) is 7.51. The van der Waals surface area contributed by atoms with Crippen molar-refractivity contribution in [2.75, 3.05) is 32.7 Å². The monoisotopic (exact) mass is 375 g/mol. The molecular weight excluding hydrogens is 338 g/mol. The van der Waals surface area contributed by atoms with E-state index in [4.69, 9.17) is 0 Å². The van der Waals surface area contributed by atoms with Gasteiger partial charge in [0.25, 0.3) is 0 Å². The Morgan fingerprint density at radius 3 is 2.04 bits per heavy atom. The zero-order valence-electron chi connectivity index (χ0n) is 16.9. The van der Waals surface area contributed by atoms with Crippen LogP contribution in [0, 0.1) is 11.8 Å². The first-order valence-electron chi connectivity index (χ1n) is 11.5. The van der Waals surface area contributed by atoms with Gasteiger partial charge in [-0.05, 0) is 64.5 Å². The van der Waals surface area contributed by atoms with E-state index in [1.165, 1.54) is 64.5 Å². The zero-order chi connectivity index (χ0) is 18.7. The van der Waals surface area contributed by atoms with Gasteiger partial charge in [0, 0.05) is 37.0 Å². The highest BCUT2D eigenvalue weighted by Crippen LogP contribution is 2.35. The molecule has 5 nitrogen and oxygen atoms in total. The van der Waals surface area contributed by atoms with Crippen molar-refractivity contribution in [3.63, 3.8) is 0 Å². The Hall–Kier alpha value is -1.10. The van der Waals surface area contributed by atoms with Crippen LogP contribution < -0.4 is 5.32 Å². The molecule has 2 aliphatic carbocycles. The van der Waals surface area contributed by atoms with Crippen LogP contribution in [0.25, 0.3) is 0 Å². The summed E-state index contributed by atoms with van der Waals surface area (Å²) in [4.78, 5) is 29.8. The van der Waals surface area contributed by atoms with Gasteiger partial charge in [-0.15, -0.1) is 0 Å². The Kier molecular flexibility index (Phi) is 6.05. The van der Waals surface area contributed by atoms with Crippen LogP contribution in [0.15, 0.2) is 0 Å². The summed E-state index contributed by atoms with van der Waals surface area (Å²) < 4.78 is 0. The fourth-order valence-electron chi connectivity index (χ4n) is 5.53. The predicted molar refractivity (Wildman–Crippen MR) is 106 cm³/mol. The van der Waals surface area contributed by atoms with Gasteiger partial charge in [0.05, 0.1) is 0 Å². The van der Waals surface area contributed by atoms with Crippen LogP contribution in [0.1, 0.15) is 77.0 Å². The minimum Gasteiger partial charge on any atom is -0.354 e. The highest BCUT2D eigenvalue weighted by molar-refractivity contribution is 5.82. The van der Waals surface area contributed by atoms with E-state index in [1.54, 1.807) is 0 Å². The molecule has 5 heteroatoms. The molecule has 2 saturated heterocycles. The van der Waals surface area contributed by atoms with Crippen molar-refractivity contribution in [3.05, 3.63) is 0 Å². The number of amides is 2. The lowest BCUT2D eigenvalue weighted by Gasteiger charge is -2.48. The maximum absolute atomic E-state index is 12.9. The van der Waals surface area contributed by atoms with E-state index in [0.29, 0.717) is 11.8 Å². The van der Waals surface area contributed by atoms with Crippen molar-refractivity contribution >= 4 is 11.8 Å². The number of piperidine rings is 2. The van der Waals surface area contributed by atoms with Gasteiger partial charge in [0.1, 0.15) is 0 Å². The van der Waals surface area contributed by atoms with Gasteiger partial charge in [-0.3, -0.25) is 14.5 Å². The predicted octanol–water partition coefficient (Wildman–Crippen LogP) is 2.94. The van der Waals surface area contributed by atoms with E-state index < -0.39 is 0 Å². The Bertz CT molecular complexity index is 526. The molecule has 0 bridgehead atoms. The summed E-state index contributed by atoms with van der Waals surface area (Å²) in [5, 5.41) is 3.36. The lowest BCUT2D eigenvalue weighted by molar-refractivity contribution is -0.136. The second-order valence-electron chi connectivity index (χ2n) is 9.42. The first-order valence-corrected chi connectivity index (χ1v) is 11.5. The molecule has 0 aromatic heterocycles. The number of nitrogens with one attached hydrogen (secondary N) is 1. The van der Waals surface area contributed by atoms with E-state index >= 15 is 0 Å². The summed E-state index contributed by atoms with van der Waals surface area (Å²) in [5.41, 5.74) is 0.205. The standard InChI is InChI=1S/C22H37N3O2/c26-20(18-9-15-24(16-10-18)21(27)19-7-8-19)23-17-22(11-3-1-4-12-22)25-13-5-2-6-14-25/h18-19H,1-17H2,(H,23,26). The zero-order valence-corrected chi connectivity index (χ0v) is 16.9. The van der Waals surface area contributed by atoms with E-state index in [2.05, 4.69) is 10.2 Å². The average molecular weight is 376 g/mol. The van der Waals surface area contributed by atoms with Crippen molar-refractivity contribution in [2.45, 2.75) is 82.6 Å². The summed E-state index contributed by atoms with van der Waals surface area (Å²) >= 11 is 0. The number of carbonyl (C=O) groups is 2. The number of rotatable bonds is 5. The average Bonchev–Trinajstić information content (AvgIpc) is 3.58. The van der Waals surface area contributed by atoms with Gasteiger partial charge < -0.3 is 10.2 Å².